The lowest BCUT2D eigenvalue weighted by Gasteiger charge is -2.09. The average molecular weight is 289 g/mol. The van der Waals surface area contributed by atoms with Crippen molar-refractivity contribution in [1.82, 2.24) is 9.97 Å². The smallest absolute Gasteiger partial charge is 0.224 e. The monoisotopic (exact) mass is 287 g/mol. The lowest BCUT2D eigenvalue weighted by molar-refractivity contribution is 1.10. The molecule has 0 amide bonds. The zero-order chi connectivity index (χ0) is 12.4. The summed E-state index contributed by atoms with van der Waals surface area (Å²) in [7, 11) is 0. The number of benzene rings is 1. The number of rotatable bonds is 2. The third-order valence-electron chi connectivity index (χ3n) is 2.04. The van der Waals surface area contributed by atoms with E-state index >= 15 is 0 Å². The summed E-state index contributed by atoms with van der Waals surface area (Å²) in [6, 6.07) is 7.01. The molecule has 0 aliphatic carbocycles. The molecule has 0 saturated carbocycles. The Bertz CT molecular complexity index is 517. The molecule has 2 aromatic rings. The zero-order valence-electron chi connectivity index (χ0n) is 8.84. The van der Waals surface area contributed by atoms with E-state index in [2.05, 4.69) is 15.3 Å². The van der Waals surface area contributed by atoms with Crippen molar-refractivity contribution < 1.29 is 0 Å². The second-order valence-corrected chi connectivity index (χ2v) is 4.54. The third-order valence-corrected chi connectivity index (χ3v) is 2.84. The first-order valence-corrected chi connectivity index (χ1v) is 5.92. The molecule has 0 radical (unpaired) electrons. The quantitative estimate of drug-likeness (QED) is 0.827. The normalized spacial score (nSPS) is 10.4. The van der Waals surface area contributed by atoms with Gasteiger partial charge in [-0.05, 0) is 30.7 Å². The van der Waals surface area contributed by atoms with Crippen LogP contribution in [0.4, 0.5) is 11.5 Å². The molecule has 88 valence electrons. The Morgan fingerprint density at radius 3 is 2.29 bits per heavy atom. The predicted octanol–water partition coefficient (Wildman–Crippen LogP) is 4.49. The van der Waals surface area contributed by atoms with Gasteiger partial charge in [-0.25, -0.2) is 9.97 Å². The molecule has 0 bridgehead atoms. The van der Waals surface area contributed by atoms with Crippen LogP contribution >= 0.6 is 34.8 Å². The Morgan fingerprint density at radius 2 is 1.71 bits per heavy atom. The second-order valence-electron chi connectivity index (χ2n) is 3.39. The van der Waals surface area contributed by atoms with Crippen molar-refractivity contribution in [3.05, 3.63) is 45.3 Å². The van der Waals surface area contributed by atoms with Crippen LogP contribution in [-0.2, 0) is 0 Å². The van der Waals surface area contributed by atoms with E-state index in [1.54, 1.807) is 24.3 Å². The molecule has 0 aliphatic rings. The van der Waals surface area contributed by atoms with Gasteiger partial charge < -0.3 is 5.32 Å². The van der Waals surface area contributed by atoms with Crippen LogP contribution < -0.4 is 5.32 Å². The van der Waals surface area contributed by atoms with E-state index in [1.807, 2.05) is 6.92 Å². The minimum absolute atomic E-state index is 0.177. The summed E-state index contributed by atoms with van der Waals surface area (Å²) in [6.45, 7) is 1.83. The molecule has 0 saturated heterocycles. The summed E-state index contributed by atoms with van der Waals surface area (Å²) in [5.74, 6) is 0.553. The van der Waals surface area contributed by atoms with Crippen LogP contribution in [0.3, 0.4) is 0 Å². The second kappa shape index (κ2) is 5.08. The molecule has 1 N–H and O–H groups in total. The van der Waals surface area contributed by atoms with Crippen molar-refractivity contribution in [3.63, 3.8) is 0 Å². The van der Waals surface area contributed by atoms with Crippen molar-refractivity contribution in [3.8, 4) is 0 Å². The van der Waals surface area contributed by atoms with Crippen molar-refractivity contribution in [2.45, 2.75) is 6.92 Å². The Hall–Kier alpha value is -1.03. The van der Waals surface area contributed by atoms with E-state index in [0.29, 0.717) is 21.6 Å². The van der Waals surface area contributed by atoms with Crippen molar-refractivity contribution >= 4 is 46.3 Å². The Balaban J connectivity index is 2.38. The van der Waals surface area contributed by atoms with E-state index in [0.717, 1.165) is 5.69 Å². The zero-order valence-corrected chi connectivity index (χ0v) is 11.1. The fourth-order valence-electron chi connectivity index (χ4n) is 1.34. The van der Waals surface area contributed by atoms with Crippen LogP contribution in [0.2, 0.25) is 15.3 Å². The number of anilines is 2. The largest absolute Gasteiger partial charge is 0.338 e. The predicted molar refractivity (Wildman–Crippen MR) is 71.5 cm³/mol. The number of hydrogen-bond acceptors (Lipinski definition) is 3. The van der Waals surface area contributed by atoms with Gasteiger partial charge in [0, 0.05) is 11.8 Å². The maximum Gasteiger partial charge on any atom is 0.224 e. The maximum atomic E-state index is 6.04. The molecule has 2 rings (SSSR count). The Morgan fingerprint density at radius 1 is 1.06 bits per heavy atom. The summed E-state index contributed by atoms with van der Waals surface area (Å²) >= 11 is 17.8. The third kappa shape index (κ3) is 3.00. The van der Waals surface area contributed by atoms with Gasteiger partial charge in [-0.2, -0.15) is 0 Å². The van der Waals surface area contributed by atoms with Gasteiger partial charge in [-0.1, -0.05) is 29.3 Å². The molecule has 0 aliphatic heterocycles. The number of hydrogen-bond donors (Lipinski definition) is 1. The molecule has 1 aromatic heterocycles. The Kier molecular flexibility index (Phi) is 3.72. The van der Waals surface area contributed by atoms with E-state index < -0.39 is 0 Å². The van der Waals surface area contributed by atoms with Gasteiger partial charge in [-0.3, -0.25) is 0 Å². The molecule has 0 atom stereocenters. The molecule has 3 nitrogen and oxygen atoms in total. The highest BCUT2D eigenvalue weighted by molar-refractivity contribution is 6.39. The van der Waals surface area contributed by atoms with E-state index in [4.69, 9.17) is 34.8 Å². The highest BCUT2D eigenvalue weighted by atomic mass is 35.5. The first-order valence-electron chi connectivity index (χ1n) is 4.78. The summed E-state index contributed by atoms with van der Waals surface area (Å²) < 4.78 is 0. The lowest BCUT2D eigenvalue weighted by Crippen LogP contribution is -1.97. The summed E-state index contributed by atoms with van der Waals surface area (Å²) in [6.07, 6.45) is 0. The highest BCUT2D eigenvalue weighted by Gasteiger charge is 2.07. The van der Waals surface area contributed by atoms with Gasteiger partial charge in [0.25, 0.3) is 0 Å². The number of nitrogens with zero attached hydrogens (tertiary/aromatic N) is 2. The first kappa shape index (κ1) is 12.4. The molecule has 0 spiro atoms. The molecule has 1 heterocycles. The highest BCUT2D eigenvalue weighted by Crippen LogP contribution is 2.32. The number of halogens is 3. The average Bonchev–Trinajstić information content (AvgIpc) is 2.22. The fourth-order valence-corrected chi connectivity index (χ4v) is 2.06. The maximum absolute atomic E-state index is 6.04. The number of nitrogens with one attached hydrogen (secondary N) is 1. The van der Waals surface area contributed by atoms with Crippen molar-refractivity contribution in [1.29, 1.82) is 0 Å². The van der Waals surface area contributed by atoms with Gasteiger partial charge in [0.15, 0.2) is 0 Å². The molecule has 1 aromatic carbocycles. The Labute approximate surface area is 114 Å². The van der Waals surface area contributed by atoms with Crippen LogP contribution in [0.15, 0.2) is 24.3 Å². The molecular formula is C11H8Cl3N3. The topological polar surface area (TPSA) is 37.8 Å². The van der Waals surface area contributed by atoms with Crippen molar-refractivity contribution in [2.24, 2.45) is 0 Å². The lowest BCUT2D eigenvalue weighted by atomic mass is 10.3. The van der Waals surface area contributed by atoms with E-state index in [1.165, 1.54) is 0 Å². The minimum atomic E-state index is 0.177. The summed E-state index contributed by atoms with van der Waals surface area (Å²) in [5, 5.41) is 4.24. The van der Waals surface area contributed by atoms with Gasteiger partial charge in [-0.15, -0.1) is 0 Å². The van der Waals surface area contributed by atoms with Gasteiger partial charge in [0.1, 0.15) is 5.82 Å². The van der Waals surface area contributed by atoms with Gasteiger partial charge in [0.2, 0.25) is 5.28 Å². The molecule has 0 unspecified atom stereocenters. The molecular weight excluding hydrogens is 281 g/mol. The minimum Gasteiger partial charge on any atom is -0.338 e. The summed E-state index contributed by atoms with van der Waals surface area (Å²) in [4.78, 5) is 8.01. The standard InChI is InChI=1S/C11H8Cl3N3/c1-6-5-9(17-11(14)15-6)16-10-7(12)3-2-4-8(10)13/h2-5H,1H3,(H,15,16,17). The van der Waals surface area contributed by atoms with E-state index in [9.17, 15) is 0 Å². The molecule has 0 fully saturated rings. The van der Waals surface area contributed by atoms with Crippen LogP contribution in [0.1, 0.15) is 5.69 Å². The number of para-hydroxylation sites is 1. The molecule has 17 heavy (non-hydrogen) atoms. The van der Waals surface area contributed by atoms with Crippen LogP contribution in [0, 0.1) is 6.92 Å². The fraction of sp³-hybridized carbons (Fsp3) is 0.0909. The number of aryl methyl sites for hydroxylation is 1. The first-order chi connectivity index (χ1) is 8.06. The van der Waals surface area contributed by atoms with Gasteiger partial charge in [0.05, 0.1) is 15.7 Å². The molecule has 6 heteroatoms. The van der Waals surface area contributed by atoms with Crippen LogP contribution in [0.5, 0.6) is 0 Å². The van der Waals surface area contributed by atoms with Crippen molar-refractivity contribution in [2.75, 3.05) is 5.32 Å². The van der Waals surface area contributed by atoms with Gasteiger partial charge >= 0.3 is 0 Å². The SMILES string of the molecule is Cc1cc(Nc2c(Cl)cccc2Cl)nc(Cl)n1. The summed E-state index contributed by atoms with van der Waals surface area (Å²) in [5.41, 5.74) is 1.36. The van der Waals surface area contributed by atoms with E-state index in [-0.39, 0.29) is 5.28 Å². The number of aromatic nitrogens is 2. The van der Waals surface area contributed by atoms with Crippen LogP contribution in [0.25, 0.3) is 0 Å². The van der Waals surface area contributed by atoms with Crippen LogP contribution in [-0.4, -0.2) is 9.97 Å².